The molecular weight excluding hydrogens is 498 g/mol. The van der Waals surface area contributed by atoms with E-state index in [9.17, 15) is 24.0 Å². The Balaban J connectivity index is 1.68. The number of ketones is 1. The molecule has 0 saturated carbocycles. The Labute approximate surface area is 229 Å². The van der Waals surface area contributed by atoms with Gasteiger partial charge in [-0.2, -0.15) is 0 Å². The molecule has 9 nitrogen and oxygen atoms in total. The second kappa shape index (κ2) is 13.2. The molecule has 1 heterocycles. The van der Waals surface area contributed by atoms with E-state index in [0.717, 1.165) is 5.56 Å². The van der Waals surface area contributed by atoms with Crippen molar-refractivity contribution < 1.29 is 28.7 Å². The second-order valence-electron chi connectivity index (χ2n) is 10.7. The highest BCUT2D eigenvalue weighted by Crippen LogP contribution is 2.23. The molecule has 2 atom stereocenters. The minimum absolute atomic E-state index is 0.0721. The third kappa shape index (κ3) is 9.05. The van der Waals surface area contributed by atoms with Crippen LogP contribution >= 0.6 is 0 Å². The minimum atomic E-state index is -0.864. The van der Waals surface area contributed by atoms with Gasteiger partial charge in [0, 0.05) is 37.6 Å². The summed E-state index contributed by atoms with van der Waals surface area (Å²) >= 11 is 0. The normalized spacial score (nSPS) is 15.8. The summed E-state index contributed by atoms with van der Waals surface area (Å²) in [7, 11) is 0. The van der Waals surface area contributed by atoms with Gasteiger partial charge in [-0.3, -0.25) is 19.2 Å². The zero-order valence-electron chi connectivity index (χ0n) is 23.0. The average Bonchev–Trinajstić information content (AvgIpc) is 3.37. The number of rotatable bonds is 10. The van der Waals surface area contributed by atoms with Gasteiger partial charge >= 0.3 is 5.97 Å². The van der Waals surface area contributed by atoms with Crippen LogP contribution in [0.15, 0.2) is 54.6 Å². The SMILES string of the molecule is CC(=O)Nc1ccc(CC(NC(=O)c2ccccc2)C(=O)CCC(=O)N2CCC[C@H]2C(=O)OC(C)(C)C)cc1. The number of esters is 1. The monoisotopic (exact) mass is 535 g/mol. The molecule has 1 aliphatic rings. The lowest BCUT2D eigenvalue weighted by molar-refractivity contribution is -0.163. The van der Waals surface area contributed by atoms with Gasteiger partial charge in [0.25, 0.3) is 5.91 Å². The van der Waals surface area contributed by atoms with E-state index in [-0.39, 0.29) is 42.8 Å². The summed E-state index contributed by atoms with van der Waals surface area (Å²) in [6.45, 7) is 7.19. The van der Waals surface area contributed by atoms with Crippen LogP contribution in [0.5, 0.6) is 0 Å². The summed E-state index contributed by atoms with van der Waals surface area (Å²) in [5.74, 6) is -1.59. The van der Waals surface area contributed by atoms with Crippen LogP contribution in [0.2, 0.25) is 0 Å². The number of hydrogen-bond donors (Lipinski definition) is 2. The van der Waals surface area contributed by atoms with Gasteiger partial charge < -0.3 is 20.3 Å². The molecule has 1 aliphatic heterocycles. The van der Waals surface area contributed by atoms with Crippen molar-refractivity contribution in [3.8, 4) is 0 Å². The third-order valence-corrected chi connectivity index (χ3v) is 6.28. The fourth-order valence-electron chi connectivity index (χ4n) is 4.47. The van der Waals surface area contributed by atoms with Crippen molar-refractivity contribution in [2.45, 2.75) is 77.5 Å². The Hall–Kier alpha value is -4.01. The molecule has 0 aliphatic carbocycles. The minimum Gasteiger partial charge on any atom is -0.458 e. The Kier molecular flexibility index (Phi) is 9.98. The van der Waals surface area contributed by atoms with Gasteiger partial charge in [-0.25, -0.2) is 4.79 Å². The van der Waals surface area contributed by atoms with Gasteiger partial charge in [-0.05, 0) is 69.9 Å². The number of hydrogen-bond acceptors (Lipinski definition) is 6. The number of carbonyl (C=O) groups excluding carboxylic acids is 5. The molecule has 2 aromatic rings. The topological polar surface area (TPSA) is 122 Å². The fraction of sp³-hybridized carbons (Fsp3) is 0.433. The molecule has 39 heavy (non-hydrogen) atoms. The van der Waals surface area contributed by atoms with E-state index in [1.807, 2.05) is 0 Å². The van der Waals surface area contributed by atoms with Crippen LogP contribution in [0.1, 0.15) is 69.3 Å². The maximum atomic E-state index is 13.3. The first-order chi connectivity index (χ1) is 18.4. The molecule has 2 N–H and O–H groups in total. The van der Waals surface area contributed by atoms with Crippen molar-refractivity contribution in [2.75, 3.05) is 11.9 Å². The zero-order chi connectivity index (χ0) is 28.6. The van der Waals surface area contributed by atoms with Crippen LogP contribution in [0, 0.1) is 0 Å². The van der Waals surface area contributed by atoms with Crippen molar-refractivity contribution in [2.24, 2.45) is 0 Å². The summed E-state index contributed by atoms with van der Waals surface area (Å²) in [6.07, 6.45) is 1.28. The molecule has 0 aromatic heterocycles. The molecule has 1 fully saturated rings. The van der Waals surface area contributed by atoms with Crippen LogP contribution in [0.3, 0.4) is 0 Å². The van der Waals surface area contributed by atoms with Gasteiger partial charge in [-0.15, -0.1) is 0 Å². The van der Waals surface area contributed by atoms with E-state index in [2.05, 4.69) is 10.6 Å². The lowest BCUT2D eigenvalue weighted by atomic mass is 9.98. The smallest absolute Gasteiger partial charge is 0.329 e. The van der Waals surface area contributed by atoms with Crippen molar-refractivity contribution in [1.82, 2.24) is 10.2 Å². The fourth-order valence-corrected chi connectivity index (χ4v) is 4.47. The maximum Gasteiger partial charge on any atom is 0.329 e. The van der Waals surface area contributed by atoms with Crippen LogP contribution in [0.25, 0.3) is 0 Å². The van der Waals surface area contributed by atoms with Gasteiger partial charge in [0.1, 0.15) is 11.6 Å². The van der Waals surface area contributed by atoms with Crippen molar-refractivity contribution in [3.05, 3.63) is 65.7 Å². The van der Waals surface area contributed by atoms with E-state index in [1.165, 1.54) is 11.8 Å². The van der Waals surface area contributed by atoms with Crippen LogP contribution < -0.4 is 10.6 Å². The number of benzene rings is 2. The summed E-state index contributed by atoms with van der Waals surface area (Å²) in [5.41, 5.74) is 1.17. The number of nitrogens with one attached hydrogen (secondary N) is 2. The largest absolute Gasteiger partial charge is 0.458 e. The predicted molar refractivity (Wildman–Crippen MR) is 147 cm³/mol. The molecule has 0 spiro atoms. The lowest BCUT2D eigenvalue weighted by Crippen LogP contribution is -2.45. The number of nitrogens with zero attached hydrogens (tertiary/aromatic N) is 1. The summed E-state index contributed by atoms with van der Waals surface area (Å²) in [5, 5.41) is 5.51. The summed E-state index contributed by atoms with van der Waals surface area (Å²) in [6, 6.07) is 14.1. The molecule has 208 valence electrons. The van der Waals surface area contributed by atoms with Crippen LogP contribution in [-0.4, -0.2) is 58.6 Å². The first-order valence-electron chi connectivity index (χ1n) is 13.2. The standard InChI is InChI=1S/C30H37N3O6/c1-20(34)31-23-14-12-21(13-15-23)19-24(32-28(37)22-9-6-5-7-10-22)26(35)16-17-27(36)33-18-8-11-25(33)29(38)39-30(2,3)4/h5-7,9-10,12-15,24-25H,8,11,16-19H2,1-4H3,(H,31,34)(H,32,37)/t24?,25-/m0/s1. The third-order valence-electron chi connectivity index (χ3n) is 6.28. The van der Waals surface area contributed by atoms with Gasteiger partial charge in [0.2, 0.25) is 11.8 Å². The van der Waals surface area contributed by atoms with Gasteiger partial charge in [-0.1, -0.05) is 30.3 Å². The van der Waals surface area contributed by atoms with Crippen molar-refractivity contribution in [3.63, 3.8) is 0 Å². The Morgan fingerprint density at radius 2 is 1.64 bits per heavy atom. The quantitative estimate of drug-likeness (QED) is 0.448. The van der Waals surface area contributed by atoms with E-state index in [0.29, 0.717) is 30.6 Å². The zero-order valence-corrected chi connectivity index (χ0v) is 23.0. The first-order valence-corrected chi connectivity index (χ1v) is 13.2. The van der Waals surface area contributed by atoms with E-state index < -0.39 is 23.7 Å². The summed E-state index contributed by atoms with van der Waals surface area (Å²) < 4.78 is 5.48. The molecule has 0 radical (unpaired) electrons. The lowest BCUT2D eigenvalue weighted by Gasteiger charge is -2.27. The highest BCUT2D eigenvalue weighted by atomic mass is 16.6. The summed E-state index contributed by atoms with van der Waals surface area (Å²) in [4.78, 5) is 64.6. The number of likely N-dealkylation sites (tertiary alicyclic amines) is 1. The van der Waals surface area contributed by atoms with E-state index in [1.54, 1.807) is 75.4 Å². The van der Waals surface area contributed by atoms with Gasteiger partial charge in [0.15, 0.2) is 5.78 Å². The molecule has 3 rings (SSSR count). The van der Waals surface area contributed by atoms with Crippen molar-refractivity contribution >= 4 is 35.2 Å². The Morgan fingerprint density at radius 3 is 2.26 bits per heavy atom. The van der Waals surface area contributed by atoms with E-state index in [4.69, 9.17) is 4.74 Å². The molecule has 1 unspecified atom stereocenters. The highest BCUT2D eigenvalue weighted by molar-refractivity contribution is 5.98. The molecule has 3 amide bonds. The number of Topliss-reactive ketones (excluding diaryl/α,β-unsaturated/α-hetero) is 1. The predicted octanol–water partition coefficient (Wildman–Crippen LogP) is 3.67. The number of anilines is 1. The van der Waals surface area contributed by atoms with Crippen LogP contribution in [0.4, 0.5) is 5.69 Å². The second-order valence-corrected chi connectivity index (χ2v) is 10.7. The molecular formula is C30H37N3O6. The number of amides is 3. The molecule has 2 aromatic carbocycles. The molecule has 1 saturated heterocycles. The Bertz CT molecular complexity index is 1190. The molecule has 9 heteroatoms. The number of carbonyl (C=O) groups is 5. The van der Waals surface area contributed by atoms with Crippen molar-refractivity contribution in [1.29, 1.82) is 0 Å². The first kappa shape index (κ1) is 29.5. The van der Waals surface area contributed by atoms with E-state index >= 15 is 0 Å². The average molecular weight is 536 g/mol. The highest BCUT2D eigenvalue weighted by Gasteiger charge is 2.37. The van der Waals surface area contributed by atoms with Gasteiger partial charge in [0.05, 0.1) is 6.04 Å². The Morgan fingerprint density at radius 1 is 0.974 bits per heavy atom. The number of ether oxygens (including phenoxy) is 1. The van der Waals surface area contributed by atoms with Crippen LogP contribution in [-0.2, 0) is 30.3 Å². The maximum absolute atomic E-state index is 13.3. The molecule has 0 bridgehead atoms.